The molecule has 3 aromatic carbocycles. The van der Waals surface area contributed by atoms with Crippen molar-refractivity contribution in [1.29, 1.82) is 0 Å². The zero-order valence-corrected chi connectivity index (χ0v) is 17.6. The van der Waals surface area contributed by atoms with Gasteiger partial charge in [0.15, 0.2) is 0 Å². The van der Waals surface area contributed by atoms with E-state index >= 15 is 0 Å². The lowest BCUT2D eigenvalue weighted by molar-refractivity contribution is -0.143. The topological polar surface area (TPSA) is 64.6 Å². The quantitative estimate of drug-likeness (QED) is 0.476. The molecule has 3 atom stereocenters. The van der Waals surface area contributed by atoms with Crippen LogP contribution in [0.2, 0.25) is 0 Å². The van der Waals surface area contributed by atoms with Gasteiger partial charge in [0.05, 0.1) is 20.1 Å². The molecule has 1 aliphatic rings. The summed E-state index contributed by atoms with van der Waals surface area (Å²) < 4.78 is 10.3. The minimum Gasteiger partial charge on any atom is -0.497 e. The number of carbonyl (C=O) groups is 2. The van der Waals surface area contributed by atoms with Crippen molar-refractivity contribution in [3.05, 3.63) is 90.0 Å². The Bertz CT molecular complexity index is 1120. The fourth-order valence-corrected chi connectivity index (χ4v) is 4.16. The number of benzene rings is 3. The largest absolute Gasteiger partial charge is 0.497 e. The average molecular weight is 415 g/mol. The zero-order valence-electron chi connectivity index (χ0n) is 17.6. The molecule has 4 rings (SSSR count). The maximum atomic E-state index is 12.8. The van der Waals surface area contributed by atoms with E-state index in [0.717, 1.165) is 22.1 Å². The Kier molecular flexibility index (Phi) is 6.03. The summed E-state index contributed by atoms with van der Waals surface area (Å²) in [5.41, 5.74) is 1.49. The van der Waals surface area contributed by atoms with E-state index in [0.29, 0.717) is 12.0 Å². The van der Waals surface area contributed by atoms with Crippen LogP contribution in [0.25, 0.3) is 10.8 Å². The molecule has 1 amide bonds. The molecule has 1 N–H and O–H groups in total. The second-order valence-electron chi connectivity index (χ2n) is 7.70. The van der Waals surface area contributed by atoms with Gasteiger partial charge in [-0.25, -0.2) is 0 Å². The lowest BCUT2D eigenvalue weighted by Gasteiger charge is -2.22. The van der Waals surface area contributed by atoms with Crippen LogP contribution in [-0.2, 0) is 9.53 Å². The van der Waals surface area contributed by atoms with Gasteiger partial charge in [0.1, 0.15) is 5.75 Å². The summed E-state index contributed by atoms with van der Waals surface area (Å²) in [5.74, 6) is -0.186. The van der Waals surface area contributed by atoms with Crippen LogP contribution in [0, 0.1) is 5.92 Å². The zero-order chi connectivity index (χ0) is 21.8. The number of hydrogen-bond donors (Lipinski definition) is 1. The van der Waals surface area contributed by atoms with Crippen LogP contribution in [0.5, 0.6) is 5.75 Å². The van der Waals surface area contributed by atoms with Gasteiger partial charge in [0.2, 0.25) is 0 Å². The third-order valence-corrected chi connectivity index (χ3v) is 5.80. The maximum Gasteiger partial charge on any atom is 0.313 e. The molecule has 3 aromatic rings. The van der Waals surface area contributed by atoms with Crippen molar-refractivity contribution in [1.82, 2.24) is 5.32 Å². The molecular weight excluding hydrogens is 390 g/mol. The van der Waals surface area contributed by atoms with Gasteiger partial charge in [-0.1, -0.05) is 54.6 Å². The van der Waals surface area contributed by atoms with Crippen LogP contribution in [0.1, 0.15) is 28.3 Å². The van der Waals surface area contributed by atoms with Crippen LogP contribution in [0.15, 0.2) is 78.9 Å². The van der Waals surface area contributed by atoms with Crippen molar-refractivity contribution >= 4 is 22.6 Å². The van der Waals surface area contributed by atoms with Gasteiger partial charge in [0.25, 0.3) is 5.91 Å². The Morgan fingerprint density at radius 2 is 1.68 bits per heavy atom. The standard InChI is InChI=1S/C26H25NO4/c1-30-23-13-10-18(11-14-23)24(26(29)31-2)20-9-12-22(16-20)27-25(28)21-8-7-17-5-3-4-6-19(17)15-21/h3-15,20,22,24H,16H2,1-2H3,(H,27,28). The summed E-state index contributed by atoms with van der Waals surface area (Å²) in [7, 11) is 3.01. The fraction of sp³-hybridized carbons (Fsp3) is 0.231. The van der Waals surface area contributed by atoms with Gasteiger partial charge in [-0.3, -0.25) is 9.59 Å². The number of allylic oxidation sites excluding steroid dienone is 1. The lowest BCUT2D eigenvalue weighted by atomic mass is 9.85. The summed E-state index contributed by atoms with van der Waals surface area (Å²) in [6.07, 6.45) is 4.59. The first-order valence-corrected chi connectivity index (χ1v) is 10.3. The number of ether oxygens (including phenoxy) is 2. The molecule has 0 bridgehead atoms. The molecule has 3 unspecified atom stereocenters. The molecule has 0 saturated heterocycles. The molecule has 0 spiro atoms. The Morgan fingerprint density at radius 1 is 0.935 bits per heavy atom. The normalized spacial score (nSPS) is 18.5. The van der Waals surface area contributed by atoms with Crippen molar-refractivity contribution in [3.63, 3.8) is 0 Å². The first kappa shape index (κ1) is 20.7. The average Bonchev–Trinajstić information content (AvgIpc) is 3.26. The first-order chi connectivity index (χ1) is 15.1. The number of esters is 1. The van der Waals surface area contributed by atoms with Crippen molar-refractivity contribution < 1.29 is 19.1 Å². The minimum atomic E-state index is -0.435. The van der Waals surface area contributed by atoms with Gasteiger partial charge < -0.3 is 14.8 Å². The molecule has 5 nitrogen and oxygen atoms in total. The summed E-state index contributed by atoms with van der Waals surface area (Å²) in [6.45, 7) is 0. The number of hydrogen-bond acceptors (Lipinski definition) is 4. The number of fused-ring (bicyclic) bond motifs is 1. The highest BCUT2D eigenvalue weighted by molar-refractivity contribution is 5.98. The molecule has 0 saturated carbocycles. The predicted molar refractivity (Wildman–Crippen MR) is 120 cm³/mol. The van der Waals surface area contributed by atoms with E-state index in [-0.39, 0.29) is 23.8 Å². The van der Waals surface area contributed by atoms with E-state index in [1.54, 1.807) is 7.11 Å². The molecule has 158 valence electrons. The van der Waals surface area contributed by atoms with E-state index in [9.17, 15) is 9.59 Å². The van der Waals surface area contributed by atoms with Crippen LogP contribution >= 0.6 is 0 Å². The van der Waals surface area contributed by atoms with E-state index in [1.807, 2.05) is 78.9 Å². The maximum absolute atomic E-state index is 12.8. The Labute approximate surface area is 181 Å². The van der Waals surface area contributed by atoms with Crippen molar-refractivity contribution in [2.24, 2.45) is 5.92 Å². The van der Waals surface area contributed by atoms with Gasteiger partial charge >= 0.3 is 5.97 Å². The second kappa shape index (κ2) is 9.04. The van der Waals surface area contributed by atoms with Crippen LogP contribution in [0.3, 0.4) is 0 Å². The Balaban J connectivity index is 1.46. The van der Waals surface area contributed by atoms with Crippen molar-refractivity contribution in [3.8, 4) is 5.75 Å². The first-order valence-electron chi connectivity index (χ1n) is 10.3. The highest BCUT2D eigenvalue weighted by Crippen LogP contribution is 2.35. The van der Waals surface area contributed by atoms with Gasteiger partial charge in [0, 0.05) is 11.6 Å². The molecule has 5 heteroatoms. The Hall–Kier alpha value is -3.60. The molecule has 0 fully saturated rings. The molecular formula is C26H25NO4. The number of amides is 1. The number of carbonyl (C=O) groups excluding carboxylic acids is 2. The Morgan fingerprint density at radius 3 is 2.39 bits per heavy atom. The summed E-state index contributed by atoms with van der Waals surface area (Å²) in [5, 5.41) is 5.20. The molecule has 0 heterocycles. The molecule has 1 aliphatic carbocycles. The van der Waals surface area contributed by atoms with E-state index in [4.69, 9.17) is 9.47 Å². The molecule has 0 radical (unpaired) electrons. The molecule has 0 aliphatic heterocycles. The smallest absolute Gasteiger partial charge is 0.313 e. The number of methoxy groups -OCH3 is 2. The van der Waals surface area contributed by atoms with E-state index in [2.05, 4.69) is 5.32 Å². The fourth-order valence-electron chi connectivity index (χ4n) is 4.16. The number of rotatable bonds is 6. The third-order valence-electron chi connectivity index (χ3n) is 5.80. The molecule has 31 heavy (non-hydrogen) atoms. The monoisotopic (exact) mass is 415 g/mol. The van der Waals surface area contributed by atoms with Gasteiger partial charge in [-0.05, 0) is 52.9 Å². The summed E-state index contributed by atoms with van der Waals surface area (Å²) >= 11 is 0. The highest BCUT2D eigenvalue weighted by Gasteiger charge is 2.34. The minimum absolute atomic E-state index is 0.0669. The lowest BCUT2D eigenvalue weighted by Crippen LogP contribution is -2.33. The van der Waals surface area contributed by atoms with Crippen LogP contribution in [0.4, 0.5) is 0 Å². The third kappa shape index (κ3) is 4.45. The van der Waals surface area contributed by atoms with Crippen LogP contribution in [-0.4, -0.2) is 32.1 Å². The second-order valence-corrected chi connectivity index (χ2v) is 7.70. The summed E-state index contributed by atoms with van der Waals surface area (Å²) in [6, 6.07) is 20.9. The SMILES string of the molecule is COC(=O)C(c1ccc(OC)cc1)C1C=CC(NC(=O)c2ccc3ccccc3c2)C1. The molecule has 0 aromatic heterocycles. The highest BCUT2D eigenvalue weighted by atomic mass is 16.5. The van der Waals surface area contributed by atoms with E-state index < -0.39 is 5.92 Å². The van der Waals surface area contributed by atoms with Crippen molar-refractivity contribution in [2.45, 2.75) is 18.4 Å². The van der Waals surface area contributed by atoms with Gasteiger partial charge in [-0.15, -0.1) is 0 Å². The number of nitrogens with one attached hydrogen (secondary N) is 1. The van der Waals surface area contributed by atoms with Crippen LogP contribution < -0.4 is 10.1 Å². The summed E-state index contributed by atoms with van der Waals surface area (Å²) in [4.78, 5) is 25.4. The predicted octanol–water partition coefficient (Wildman–Crippen LogP) is 4.48. The van der Waals surface area contributed by atoms with E-state index in [1.165, 1.54) is 7.11 Å². The van der Waals surface area contributed by atoms with Gasteiger partial charge in [-0.2, -0.15) is 0 Å². The van der Waals surface area contributed by atoms with Crippen molar-refractivity contribution in [2.75, 3.05) is 14.2 Å².